The van der Waals surface area contributed by atoms with Crippen LogP contribution >= 0.6 is 0 Å². The van der Waals surface area contributed by atoms with Gasteiger partial charge < -0.3 is 4.90 Å². The van der Waals surface area contributed by atoms with E-state index in [0.29, 0.717) is 0 Å². The fraction of sp³-hybridized carbons (Fsp3) is 0.538. The zero-order valence-electron chi connectivity index (χ0n) is 8.95. The van der Waals surface area contributed by atoms with Gasteiger partial charge in [-0.05, 0) is 37.8 Å². The van der Waals surface area contributed by atoms with Crippen molar-refractivity contribution in [2.45, 2.75) is 19.3 Å². The minimum absolute atomic E-state index is 1.01. The van der Waals surface area contributed by atoms with Crippen LogP contribution < -0.4 is 0 Å². The molecule has 1 aliphatic carbocycles. The van der Waals surface area contributed by atoms with Gasteiger partial charge in [0.2, 0.25) is 0 Å². The van der Waals surface area contributed by atoms with Crippen molar-refractivity contribution in [3.05, 3.63) is 35.9 Å². The van der Waals surface area contributed by atoms with Crippen molar-refractivity contribution in [2.24, 2.45) is 5.92 Å². The predicted octanol–water partition coefficient (Wildman–Crippen LogP) is 2.57. The van der Waals surface area contributed by atoms with E-state index in [-0.39, 0.29) is 0 Å². The largest absolute Gasteiger partial charge is 0.306 e. The first kappa shape index (κ1) is 9.72. The first-order valence-corrected chi connectivity index (χ1v) is 5.57. The second-order valence-corrected chi connectivity index (χ2v) is 4.44. The highest BCUT2D eigenvalue weighted by Gasteiger charge is 2.22. The number of likely N-dealkylation sites (N-methyl/N-ethyl adjacent to an activating group) is 1. The zero-order chi connectivity index (χ0) is 9.80. The topological polar surface area (TPSA) is 3.24 Å². The normalized spacial score (nSPS) is 16.1. The average molecular weight is 189 g/mol. The summed E-state index contributed by atoms with van der Waals surface area (Å²) in [5.41, 5.74) is 1.45. The molecule has 1 nitrogen and oxygen atoms in total. The van der Waals surface area contributed by atoms with Crippen LogP contribution in [0, 0.1) is 5.92 Å². The Kier molecular flexibility index (Phi) is 3.20. The molecule has 76 valence electrons. The highest BCUT2D eigenvalue weighted by molar-refractivity contribution is 5.14. The highest BCUT2D eigenvalue weighted by atomic mass is 15.1. The molecule has 0 aliphatic heterocycles. The van der Waals surface area contributed by atoms with Crippen LogP contribution in [0.15, 0.2) is 30.3 Å². The highest BCUT2D eigenvalue weighted by Crippen LogP contribution is 2.29. The predicted molar refractivity (Wildman–Crippen MR) is 60.4 cm³/mol. The van der Waals surface area contributed by atoms with Crippen molar-refractivity contribution in [2.75, 3.05) is 20.1 Å². The lowest BCUT2D eigenvalue weighted by atomic mass is 10.1. The molecular weight excluding hydrogens is 170 g/mol. The average Bonchev–Trinajstić information content (AvgIpc) is 3.00. The van der Waals surface area contributed by atoms with E-state index in [0.717, 1.165) is 5.92 Å². The molecule has 1 aromatic rings. The zero-order valence-corrected chi connectivity index (χ0v) is 8.95. The Labute approximate surface area is 86.7 Å². The molecule has 0 atom stereocenters. The van der Waals surface area contributed by atoms with Gasteiger partial charge in [-0.25, -0.2) is 0 Å². The maximum atomic E-state index is 2.46. The Bertz CT molecular complexity index is 264. The lowest BCUT2D eigenvalue weighted by molar-refractivity contribution is 0.324. The molecular formula is C13H19N. The first-order valence-electron chi connectivity index (χ1n) is 5.57. The van der Waals surface area contributed by atoms with Gasteiger partial charge in [0.25, 0.3) is 0 Å². The number of rotatable bonds is 5. The summed E-state index contributed by atoms with van der Waals surface area (Å²) < 4.78 is 0. The van der Waals surface area contributed by atoms with E-state index in [1.165, 1.54) is 37.9 Å². The third-order valence-corrected chi connectivity index (χ3v) is 2.89. The van der Waals surface area contributed by atoms with Crippen LogP contribution in [-0.2, 0) is 6.42 Å². The molecule has 0 unspecified atom stereocenters. The summed E-state index contributed by atoms with van der Waals surface area (Å²) in [5.74, 6) is 1.01. The third kappa shape index (κ3) is 3.15. The van der Waals surface area contributed by atoms with Gasteiger partial charge in [-0.2, -0.15) is 0 Å². The van der Waals surface area contributed by atoms with E-state index >= 15 is 0 Å². The molecule has 0 radical (unpaired) electrons. The summed E-state index contributed by atoms with van der Waals surface area (Å²) in [5, 5.41) is 0. The van der Waals surface area contributed by atoms with Crippen molar-refractivity contribution in [1.29, 1.82) is 0 Å². The molecule has 14 heavy (non-hydrogen) atoms. The molecule has 1 aromatic carbocycles. The van der Waals surface area contributed by atoms with E-state index in [1.54, 1.807) is 0 Å². The van der Waals surface area contributed by atoms with Crippen molar-refractivity contribution in [1.82, 2.24) is 4.90 Å². The van der Waals surface area contributed by atoms with Gasteiger partial charge in [-0.3, -0.25) is 0 Å². The summed E-state index contributed by atoms with van der Waals surface area (Å²) in [6.45, 7) is 2.49. The SMILES string of the molecule is CN(CCc1ccccc1)CC1CC1. The van der Waals surface area contributed by atoms with Crippen LogP contribution in [0.1, 0.15) is 18.4 Å². The summed E-state index contributed by atoms with van der Waals surface area (Å²) >= 11 is 0. The van der Waals surface area contributed by atoms with Crippen molar-refractivity contribution in [3.63, 3.8) is 0 Å². The Hall–Kier alpha value is -0.820. The van der Waals surface area contributed by atoms with Crippen LogP contribution in [0.4, 0.5) is 0 Å². The smallest absolute Gasteiger partial charge is 0.00189 e. The molecule has 0 spiro atoms. The van der Waals surface area contributed by atoms with Gasteiger partial charge >= 0.3 is 0 Å². The van der Waals surface area contributed by atoms with Gasteiger partial charge in [-0.1, -0.05) is 30.3 Å². The molecule has 0 aromatic heterocycles. The molecule has 2 rings (SSSR count). The standard InChI is InChI=1S/C13H19N/c1-14(11-13-7-8-13)10-9-12-5-3-2-4-6-12/h2-6,13H,7-11H2,1H3. The van der Waals surface area contributed by atoms with Crippen LogP contribution in [0.5, 0.6) is 0 Å². The summed E-state index contributed by atoms with van der Waals surface area (Å²) in [7, 11) is 2.24. The van der Waals surface area contributed by atoms with Gasteiger partial charge in [0, 0.05) is 13.1 Å². The number of hydrogen-bond acceptors (Lipinski definition) is 1. The Morgan fingerprint density at radius 3 is 2.57 bits per heavy atom. The lowest BCUT2D eigenvalue weighted by Crippen LogP contribution is -2.23. The van der Waals surface area contributed by atoms with Crippen LogP contribution in [-0.4, -0.2) is 25.0 Å². The van der Waals surface area contributed by atoms with Gasteiger partial charge in [-0.15, -0.1) is 0 Å². The number of nitrogens with zero attached hydrogens (tertiary/aromatic N) is 1. The van der Waals surface area contributed by atoms with E-state index in [4.69, 9.17) is 0 Å². The van der Waals surface area contributed by atoms with Gasteiger partial charge in [0.15, 0.2) is 0 Å². The van der Waals surface area contributed by atoms with Crippen LogP contribution in [0.25, 0.3) is 0 Å². The van der Waals surface area contributed by atoms with Crippen molar-refractivity contribution in [3.8, 4) is 0 Å². The maximum Gasteiger partial charge on any atom is 0.00189 e. The van der Waals surface area contributed by atoms with Crippen molar-refractivity contribution >= 4 is 0 Å². The minimum Gasteiger partial charge on any atom is -0.306 e. The molecule has 0 N–H and O–H groups in total. The second kappa shape index (κ2) is 4.61. The molecule has 1 heteroatoms. The fourth-order valence-corrected chi connectivity index (χ4v) is 1.80. The molecule has 1 saturated carbocycles. The van der Waals surface area contributed by atoms with Gasteiger partial charge in [0.1, 0.15) is 0 Å². The monoisotopic (exact) mass is 189 g/mol. The molecule has 0 bridgehead atoms. The molecule has 0 heterocycles. The van der Waals surface area contributed by atoms with E-state index in [9.17, 15) is 0 Å². The van der Waals surface area contributed by atoms with E-state index < -0.39 is 0 Å². The molecule has 0 amide bonds. The summed E-state index contributed by atoms with van der Waals surface area (Å²) in [4.78, 5) is 2.46. The van der Waals surface area contributed by atoms with Crippen molar-refractivity contribution < 1.29 is 0 Å². The van der Waals surface area contributed by atoms with Gasteiger partial charge in [0.05, 0.1) is 0 Å². The summed E-state index contributed by atoms with van der Waals surface area (Å²) in [6.07, 6.45) is 4.09. The Balaban J connectivity index is 1.70. The second-order valence-electron chi connectivity index (χ2n) is 4.44. The number of hydrogen-bond donors (Lipinski definition) is 0. The summed E-state index contributed by atoms with van der Waals surface area (Å²) in [6, 6.07) is 10.7. The first-order chi connectivity index (χ1) is 6.84. The van der Waals surface area contributed by atoms with Crippen LogP contribution in [0.3, 0.4) is 0 Å². The minimum atomic E-state index is 1.01. The Morgan fingerprint density at radius 2 is 1.93 bits per heavy atom. The van der Waals surface area contributed by atoms with Crippen LogP contribution in [0.2, 0.25) is 0 Å². The quantitative estimate of drug-likeness (QED) is 0.688. The Morgan fingerprint density at radius 1 is 1.21 bits per heavy atom. The maximum absolute atomic E-state index is 2.46. The molecule has 0 saturated heterocycles. The fourth-order valence-electron chi connectivity index (χ4n) is 1.80. The molecule has 1 fully saturated rings. The molecule has 1 aliphatic rings. The third-order valence-electron chi connectivity index (χ3n) is 2.89. The lowest BCUT2D eigenvalue weighted by Gasteiger charge is -2.15. The van der Waals surface area contributed by atoms with E-state index in [2.05, 4.69) is 42.3 Å². The number of benzene rings is 1. The van der Waals surface area contributed by atoms with E-state index in [1.807, 2.05) is 0 Å².